The van der Waals surface area contributed by atoms with Crippen molar-refractivity contribution in [2.24, 2.45) is 0 Å². The standard InChI is InChI=1S/C12H16N2O4/c1-4-6-14(8-10(15)17-5-2)12(16)11-9(3)7-13-18-11/h4,7H,1,5-6,8H2,2-3H3. The van der Waals surface area contributed by atoms with E-state index in [-0.39, 0.29) is 25.5 Å². The van der Waals surface area contributed by atoms with Gasteiger partial charge in [-0.3, -0.25) is 9.59 Å². The van der Waals surface area contributed by atoms with E-state index in [1.165, 1.54) is 17.2 Å². The fourth-order valence-electron chi connectivity index (χ4n) is 1.38. The molecule has 0 saturated carbocycles. The fraction of sp³-hybridized carbons (Fsp3) is 0.417. The minimum atomic E-state index is -0.468. The van der Waals surface area contributed by atoms with Gasteiger partial charge in [0.1, 0.15) is 6.54 Å². The highest BCUT2D eigenvalue weighted by Gasteiger charge is 2.23. The molecule has 0 spiro atoms. The van der Waals surface area contributed by atoms with E-state index in [1.54, 1.807) is 13.8 Å². The first-order valence-corrected chi connectivity index (χ1v) is 5.57. The predicted molar refractivity (Wildman–Crippen MR) is 64.0 cm³/mol. The molecule has 0 aliphatic rings. The zero-order valence-electron chi connectivity index (χ0n) is 10.5. The van der Waals surface area contributed by atoms with Crippen LogP contribution >= 0.6 is 0 Å². The molecule has 0 aliphatic carbocycles. The van der Waals surface area contributed by atoms with Crippen LogP contribution in [0.1, 0.15) is 23.0 Å². The minimum absolute atomic E-state index is 0.126. The van der Waals surface area contributed by atoms with Gasteiger partial charge < -0.3 is 14.2 Å². The summed E-state index contributed by atoms with van der Waals surface area (Å²) < 4.78 is 9.67. The molecule has 0 aliphatic heterocycles. The predicted octanol–water partition coefficient (Wildman–Crippen LogP) is 1.17. The number of aromatic nitrogens is 1. The van der Waals surface area contributed by atoms with Crippen LogP contribution in [-0.4, -0.2) is 41.6 Å². The highest BCUT2D eigenvalue weighted by Crippen LogP contribution is 2.10. The monoisotopic (exact) mass is 252 g/mol. The van der Waals surface area contributed by atoms with Gasteiger partial charge in [-0.2, -0.15) is 0 Å². The number of carbonyl (C=O) groups excluding carboxylic acids is 2. The van der Waals surface area contributed by atoms with Gasteiger partial charge >= 0.3 is 5.97 Å². The molecule has 1 aromatic rings. The third-order valence-corrected chi connectivity index (χ3v) is 2.20. The second kappa shape index (κ2) is 6.58. The molecule has 1 aromatic heterocycles. The number of rotatable bonds is 6. The summed E-state index contributed by atoms with van der Waals surface area (Å²) in [7, 11) is 0. The molecule has 6 nitrogen and oxygen atoms in total. The Bertz CT molecular complexity index is 439. The number of aryl methyl sites for hydroxylation is 1. The van der Waals surface area contributed by atoms with Gasteiger partial charge in [0.25, 0.3) is 5.91 Å². The lowest BCUT2D eigenvalue weighted by molar-refractivity contribution is -0.143. The molecule has 1 heterocycles. The van der Waals surface area contributed by atoms with Gasteiger partial charge in [-0.25, -0.2) is 0 Å². The van der Waals surface area contributed by atoms with Gasteiger partial charge in [0.15, 0.2) is 0 Å². The number of ether oxygens (including phenoxy) is 1. The molecule has 0 bridgehead atoms. The lowest BCUT2D eigenvalue weighted by Gasteiger charge is -2.18. The third kappa shape index (κ3) is 3.44. The summed E-state index contributed by atoms with van der Waals surface area (Å²) in [5, 5.41) is 3.54. The van der Waals surface area contributed by atoms with Crippen molar-refractivity contribution in [1.82, 2.24) is 10.1 Å². The quantitative estimate of drug-likeness (QED) is 0.561. The molecule has 1 rings (SSSR count). The van der Waals surface area contributed by atoms with Gasteiger partial charge in [-0.15, -0.1) is 6.58 Å². The molecule has 0 saturated heterocycles. The van der Waals surface area contributed by atoms with Gasteiger partial charge in [0, 0.05) is 12.1 Å². The molecule has 0 fully saturated rings. The van der Waals surface area contributed by atoms with Crippen molar-refractivity contribution < 1.29 is 18.8 Å². The molecule has 0 unspecified atom stereocenters. The van der Waals surface area contributed by atoms with Crippen molar-refractivity contribution >= 4 is 11.9 Å². The summed E-state index contributed by atoms with van der Waals surface area (Å²) in [5.41, 5.74) is 0.623. The van der Waals surface area contributed by atoms with Crippen LogP contribution in [0, 0.1) is 6.92 Å². The van der Waals surface area contributed by atoms with Crippen molar-refractivity contribution in [3.05, 3.63) is 30.2 Å². The molecular formula is C12H16N2O4. The Hall–Kier alpha value is -2.11. The van der Waals surface area contributed by atoms with E-state index in [0.717, 1.165) is 0 Å². The van der Waals surface area contributed by atoms with Gasteiger partial charge in [-0.1, -0.05) is 11.2 Å². The molecule has 0 atom stereocenters. The Morgan fingerprint density at radius 2 is 2.33 bits per heavy atom. The van der Waals surface area contributed by atoms with Crippen LogP contribution in [0.2, 0.25) is 0 Å². The maximum Gasteiger partial charge on any atom is 0.325 e. The van der Waals surface area contributed by atoms with Crippen LogP contribution in [0.15, 0.2) is 23.4 Å². The highest BCUT2D eigenvalue weighted by molar-refractivity contribution is 5.94. The summed E-state index contributed by atoms with van der Waals surface area (Å²) in [4.78, 5) is 24.8. The smallest absolute Gasteiger partial charge is 0.325 e. The van der Waals surface area contributed by atoms with E-state index < -0.39 is 11.9 Å². The Morgan fingerprint density at radius 1 is 1.61 bits per heavy atom. The maximum absolute atomic E-state index is 12.1. The van der Waals surface area contributed by atoms with Crippen LogP contribution in [0.5, 0.6) is 0 Å². The van der Waals surface area contributed by atoms with Crippen LogP contribution < -0.4 is 0 Å². The first-order valence-electron chi connectivity index (χ1n) is 5.57. The molecule has 0 radical (unpaired) electrons. The average Bonchev–Trinajstić information content (AvgIpc) is 2.74. The van der Waals surface area contributed by atoms with E-state index in [2.05, 4.69) is 11.7 Å². The lowest BCUT2D eigenvalue weighted by Crippen LogP contribution is -2.36. The Labute approximate surface area is 105 Å². The SMILES string of the molecule is C=CCN(CC(=O)OCC)C(=O)c1oncc1C. The number of carbonyl (C=O) groups is 2. The Morgan fingerprint density at radius 3 is 2.83 bits per heavy atom. The van der Waals surface area contributed by atoms with E-state index in [9.17, 15) is 9.59 Å². The van der Waals surface area contributed by atoms with Crippen molar-refractivity contribution in [3.63, 3.8) is 0 Å². The number of esters is 1. The third-order valence-electron chi connectivity index (χ3n) is 2.20. The van der Waals surface area contributed by atoms with Crippen molar-refractivity contribution in [2.75, 3.05) is 19.7 Å². The van der Waals surface area contributed by atoms with Gasteiger partial charge in [-0.05, 0) is 13.8 Å². The zero-order chi connectivity index (χ0) is 13.5. The molecule has 98 valence electrons. The zero-order valence-corrected chi connectivity index (χ0v) is 10.5. The topological polar surface area (TPSA) is 72.6 Å². The first-order chi connectivity index (χ1) is 8.60. The summed E-state index contributed by atoms with van der Waals surface area (Å²) in [6.07, 6.45) is 2.98. The van der Waals surface area contributed by atoms with E-state index in [1.807, 2.05) is 0 Å². The second-order valence-electron chi connectivity index (χ2n) is 3.62. The number of hydrogen-bond donors (Lipinski definition) is 0. The van der Waals surface area contributed by atoms with Crippen LogP contribution in [-0.2, 0) is 9.53 Å². The Kier molecular flexibility index (Phi) is 5.10. The Balaban J connectivity index is 2.78. The van der Waals surface area contributed by atoms with Crippen molar-refractivity contribution in [3.8, 4) is 0 Å². The number of nitrogens with zero attached hydrogens (tertiary/aromatic N) is 2. The van der Waals surface area contributed by atoms with E-state index >= 15 is 0 Å². The van der Waals surface area contributed by atoms with Crippen molar-refractivity contribution in [2.45, 2.75) is 13.8 Å². The van der Waals surface area contributed by atoms with Gasteiger partial charge in [0.05, 0.1) is 12.8 Å². The minimum Gasteiger partial charge on any atom is -0.465 e. The molecular weight excluding hydrogens is 236 g/mol. The molecule has 0 N–H and O–H groups in total. The second-order valence-corrected chi connectivity index (χ2v) is 3.62. The van der Waals surface area contributed by atoms with Crippen LogP contribution in [0.25, 0.3) is 0 Å². The normalized spacial score (nSPS) is 9.89. The first kappa shape index (κ1) is 14.0. The summed E-state index contributed by atoms with van der Waals surface area (Å²) in [5.74, 6) is -0.746. The van der Waals surface area contributed by atoms with E-state index in [0.29, 0.717) is 5.56 Å². The lowest BCUT2D eigenvalue weighted by atomic mass is 10.2. The number of amides is 1. The molecule has 6 heteroatoms. The van der Waals surface area contributed by atoms with Crippen LogP contribution in [0.3, 0.4) is 0 Å². The average molecular weight is 252 g/mol. The van der Waals surface area contributed by atoms with Crippen molar-refractivity contribution in [1.29, 1.82) is 0 Å². The molecule has 18 heavy (non-hydrogen) atoms. The highest BCUT2D eigenvalue weighted by atomic mass is 16.5. The summed E-state index contributed by atoms with van der Waals surface area (Å²) in [6.45, 7) is 7.33. The largest absolute Gasteiger partial charge is 0.465 e. The molecule has 0 aromatic carbocycles. The summed E-state index contributed by atoms with van der Waals surface area (Å²) >= 11 is 0. The van der Waals surface area contributed by atoms with E-state index in [4.69, 9.17) is 9.26 Å². The van der Waals surface area contributed by atoms with Gasteiger partial charge in [0.2, 0.25) is 5.76 Å². The maximum atomic E-state index is 12.1. The number of hydrogen-bond acceptors (Lipinski definition) is 5. The van der Waals surface area contributed by atoms with Crippen LogP contribution in [0.4, 0.5) is 0 Å². The molecule has 1 amide bonds. The fourth-order valence-corrected chi connectivity index (χ4v) is 1.38. The summed E-state index contributed by atoms with van der Waals surface area (Å²) in [6, 6.07) is 0.